The molecule has 0 saturated heterocycles. The Kier molecular flexibility index (Phi) is 2.42. The van der Waals surface area contributed by atoms with Gasteiger partial charge in [0.2, 0.25) is 0 Å². The monoisotopic (exact) mass is 224 g/mol. The smallest absolute Gasteiger partial charge is 0.0618 e. The minimum atomic E-state index is 1.04. The first-order chi connectivity index (χ1) is 8.29. The summed E-state index contributed by atoms with van der Waals surface area (Å²) in [5.41, 5.74) is 5.17. The topological polar surface area (TPSA) is 19.0 Å². The Morgan fingerprint density at radius 2 is 2.24 bits per heavy atom. The summed E-state index contributed by atoms with van der Waals surface area (Å²) in [5.74, 6) is 6.16. The van der Waals surface area contributed by atoms with Crippen molar-refractivity contribution in [1.29, 1.82) is 0 Å². The van der Waals surface area contributed by atoms with Crippen molar-refractivity contribution in [3.63, 3.8) is 0 Å². The molecule has 0 radical (unpaired) electrons. The summed E-state index contributed by atoms with van der Waals surface area (Å²) in [6.07, 6.45) is 1.11. The van der Waals surface area contributed by atoms with Gasteiger partial charge in [-0.05, 0) is 25.6 Å². The van der Waals surface area contributed by atoms with Crippen molar-refractivity contribution >= 4 is 10.9 Å². The van der Waals surface area contributed by atoms with Gasteiger partial charge in [-0.3, -0.25) is 0 Å². The summed E-state index contributed by atoms with van der Waals surface area (Å²) in [4.78, 5) is 5.93. The van der Waals surface area contributed by atoms with E-state index in [2.05, 4.69) is 47.0 Å². The highest BCUT2D eigenvalue weighted by atomic mass is 15.1. The normalized spacial score (nSPS) is 15.4. The van der Waals surface area contributed by atoms with Gasteiger partial charge in [0.05, 0.1) is 5.52 Å². The van der Waals surface area contributed by atoms with Crippen LogP contribution in [-0.2, 0) is 13.0 Å². The van der Waals surface area contributed by atoms with Crippen molar-refractivity contribution in [1.82, 2.24) is 9.88 Å². The Bertz CT molecular complexity index is 625. The first-order valence-electron chi connectivity index (χ1n) is 6.03. The molecule has 0 aliphatic carbocycles. The number of likely N-dealkylation sites (N-methyl/N-ethyl adjacent to an activating group) is 1. The lowest BCUT2D eigenvalue weighted by atomic mass is 10.0. The van der Waals surface area contributed by atoms with Crippen molar-refractivity contribution in [3.8, 4) is 11.8 Å². The lowest BCUT2D eigenvalue weighted by Crippen LogP contribution is -2.25. The van der Waals surface area contributed by atoms with Crippen LogP contribution in [0.15, 0.2) is 18.2 Å². The van der Waals surface area contributed by atoms with Gasteiger partial charge in [0.25, 0.3) is 0 Å². The molecule has 3 rings (SSSR count). The van der Waals surface area contributed by atoms with Crippen molar-refractivity contribution in [2.24, 2.45) is 0 Å². The molecule has 1 aliphatic rings. The third-order valence-electron chi connectivity index (χ3n) is 3.46. The fraction of sp³-hybridized carbons (Fsp3) is 0.333. The Morgan fingerprint density at radius 1 is 1.35 bits per heavy atom. The SMILES string of the molecule is CC#Cc1cccc2c3c([nH]c12)CCN(C)C3. The summed E-state index contributed by atoms with van der Waals surface area (Å²) in [7, 11) is 2.18. The second-order valence-corrected chi connectivity index (χ2v) is 4.67. The van der Waals surface area contributed by atoms with Crippen LogP contribution in [0, 0.1) is 11.8 Å². The minimum Gasteiger partial charge on any atom is -0.357 e. The molecular formula is C15H16N2. The van der Waals surface area contributed by atoms with Gasteiger partial charge in [0.15, 0.2) is 0 Å². The minimum absolute atomic E-state index is 1.04. The maximum atomic E-state index is 3.56. The van der Waals surface area contributed by atoms with E-state index in [0.717, 1.165) is 25.1 Å². The van der Waals surface area contributed by atoms with Crippen LogP contribution in [0.1, 0.15) is 23.7 Å². The highest BCUT2D eigenvalue weighted by Crippen LogP contribution is 2.28. The molecule has 1 aromatic heterocycles. The predicted molar refractivity (Wildman–Crippen MR) is 70.9 cm³/mol. The first kappa shape index (κ1) is 10.4. The molecule has 0 spiro atoms. The molecule has 0 bridgehead atoms. The molecule has 2 heterocycles. The Hall–Kier alpha value is -1.72. The Morgan fingerprint density at radius 3 is 3.06 bits per heavy atom. The molecule has 2 aromatic rings. The van der Waals surface area contributed by atoms with Crippen LogP contribution < -0.4 is 0 Å². The number of aromatic amines is 1. The number of nitrogens with zero attached hydrogens (tertiary/aromatic N) is 1. The Labute approximate surface area is 102 Å². The fourth-order valence-electron chi connectivity index (χ4n) is 2.61. The maximum Gasteiger partial charge on any atom is 0.0618 e. The molecule has 0 saturated carbocycles. The zero-order valence-electron chi connectivity index (χ0n) is 10.3. The zero-order chi connectivity index (χ0) is 11.8. The number of hydrogen-bond donors (Lipinski definition) is 1. The number of benzene rings is 1. The standard InChI is InChI=1S/C15H16N2/c1-3-5-11-6-4-7-12-13-10-17(2)9-8-14(13)16-15(11)12/h4,6-7,16H,8-10H2,1-2H3. The molecule has 86 valence electrons. The van der Waals surface area contributed by atoms with E-state index in [4.69, 9.17) is 0 Å². The first-order valence-corrected chi connectivity index (χ1v) is 6.03. The average Bonchev–Trinajstić information content (AvgIpc) is 2.69. The third kappa shape index (κ3) is 1.64. The molecule has 0 amide bonds. The van der Waals surface area contributed by atoms with Crippen LogP contribution in [0.2, 0.25) is 0 Å². The molecule has 0 unspecified atom stereocenters. The number of H-pyrrole nitrogens is 1. The van der Waals surface area contributed by atoms with Gasteiger partial charge in [-0.15, -0.1) is 5.92 Å². The maximum absolute atomic E-state index is 3.56. The fourth-order valence-corrected chi connectivity index (χ4v) is 2.61. The van der Waals surface area contributed by atoms with Gasteiger partial charge < -0.3 is 9.88 Å². The summed E-state index contributed by atoms with van der Waals surface area (Å²) in [6.45, 7) is 4.06. The van der Waals surface area contributed by atoms with E-state index in [1.807, 2.05) is 6.92 Å². The number of nitrogens with one attached hydrogen (secondary N) is 1. The van der Waals surface area contributed by atoms with Gasteiger partial charge in [-0.2, -0.15) is 0 Å². The molecule has 0 atom stereocenters. The molecule has 2 heteroatoms. The third-order valence-corrected chi connectivity index (χ3v) is 3.46. The van der Waals surface area contributed by atoms with E-state index < -0.39 is 0 Å². The Balaban J connectivity index is 2.26. The molecule has 2 nitrogen and oxygen atoms in total. The van der Waals surface area contributed by atoms with Gasteiger partial charge in [0.1, 0.15) is 0 Å². The quantitative estimate of drug-likeness (QED) is 0.681. The summed E-state index contributed by atoms with van der Waals surface area (Å²) >= 11 is 0. The number of aromatic nitrogens is 1. The second-order valence-electron chi connectivity index (χ2n) is 4.67. The van der Waals surface area contributed by atoms with E-state index >= 15 is 0 Å². The van der Waals surface area contributed by atoms with Crippen molar-refractivity contribution in [2.75, 3.05) is 13.6 Å². The number of fused-ring (bicyclic) bond motifs is 3. The summed E-state index contributed by atoms with van der Waals surface area (Å²) < 4.78 is 0. The van der Waals surface area contributed by atoms with Crippen molar-refractivity contribution in [3.05, 3.63) is 35.0 Å². The lowest BCUT2D eigenvalue weighted by Gasteiger charge is -2.22. The number of hydrogen-bond acceptors (Lipinski definition) is 1. The largest absolute Gasteiger partial charge is 0.357 e. The van der Waals surface area contributed by atoms with E-state index in [0.29, 0.717) is 0 Å². The van der Waals surface area contributed by atoms with Crippen LogP contribution in [0.4, 0.5) is 0 Å². The van der Waals surface area contributed by atoms with Crippen LogP contribution >= 0.6 is 0 Å². The molecular weight excluding hydrogens is 208 g/mol. The van der Waals surface area contributed by atoms with E-state index in [-0.39, 0.29) is 0 Å². The van der Waals surface area contributed by atoms with Gasteiger partial charge in [0, 0.05) is 36.2 Å². The van der Waals surface area contributed by atoms with E-state index in [9.17, 15) is 0 Å². The molecule has 1 aliphatic heterocycles. The lowest BCUT2D eigenvalue weighted by molar-refractivity contribution is 0.313. The van der Waals surface area contributed by atoms with Gasteiger partial charge >= 0.3 is 0 Å². The van der Waals surface area contributed by atoms with Gasteiger partial charge in [-0.25, -0.2) is 0 Å². The van der Waals surface area contributed by atoms with E-state index in [1.165, 1.54) is 22.2 Å². The molecule has 0 fully saturated rings. The zero-order valence-corrected chi connectivity index (χ0v) is 10.3. The molecule has 1 aromatic carbocycles. The summed E-state index contributed by atoms with van der Waals surface area (Å²) in [6, 6.07) is 6.39. The number of rotatable bonds is 0. The molecule has 1 N–H and O–H groups in total. The van der Waals surface area contributed by atoms with Crippen LogP contribution in [0.25, 0.3) is 10.9 Å². The highest BCUT2D eigenvalue weighted by molar-refractivity contribution is 5.89. The highest BCUT2D eigenvalue weighted by Gasteiger charge is 2.18. The predicted octanol–water partition coefficient (Wildman–Crippen LogP) is 2.53. The average molecular weight is 224 g/mol. The van der Waals surface area contributed by atoms with Crippen LogP contribution in [-0.4, -0.2) is 23.5 Å². The number of para-hydroxylation sites is 1. The van der Waals surface area contributed by atoms with Gasteiger partial charge in [-0.1, -0.05) is 18.1 Å². The molecule has 17 heavy (non-hydrogen) atoms. The van der Waals surface area contributed by atoms with Crippen LogP contribution in [0.5, 0.6) is 0 Å². The van der Waals surface area contributed by atoms with Crippen molar-refractivity contribution < 1.29 is 0 Å². The second kappa shape index (κ2) is 3.94. The van der Waals surface area contributed by atoms with Crippen molar-refractivity contribution in [2.45, 2.75) is 19.9 Å². The van der Waals surface area contributed by atoms with Crippen LogP contribution in [0.3, 0.4) is 0 Å². The summed E-state index contributed by atoms with van der Waals surface area (Å²) in [5, 5.41) is 1.34. The van der Waals surface area contributed by atoms with E-state index in [1.54, 1.807) is 0 Å².